The largest absolute Gasteiger partial charge is 0.469 e. The lowest BCUT2D eigenvalue weighted by Crippen LogP contribution is -2.40. The van der Waals surface area contributed by atoms with E-state index >= 15 is 0 Å². The molecule has 0 N–H and O–H groups in total. The fraction of sp³-hybridized carbons (Fsp3) is 0.636. The first-order valence-electron chi connectivity index (χ1n) is 5.92. The van der Waals surface area contributed by atoms with E-state index in [9.17, 15) is 4.79 Å². The van der Waals surface area contributed by atoms with E-state index in [-0.39, 0.29) is 23.2 Å². The Kier molecular flexibility index (Phi) is 4.36. The molecule has 0 saturated carbocycles. The molecule has 0 bridgehead atoms. The van der Waals surface area contributed by atoms with Gasteiger partial charge in [0.2, 0.25) is 11.2 Å². The van der Waals surface area contributed by atoms with Gasteiger partial charge in [0.05, 0.1) is 20.1 Å². The maximum absolute atomic E-state index is 11.6. The smallest absolute Gasteiger partial charge is 0.322 e. The van der Waals surface area contributed by atoms with Crippen molar-refractivity contribution < 1.29 is 14.3 Å². The summed E-state index contributed by atoms with van der Waals surface area (Å²) in [4.78, 5) is 25.5. The van der Waals surface area contributed by atoms with E-state index in [0.717, 1.165) is 19.4 Å². The number of esters is 1. The molecule has 7 nitrogen and oxygen atoms in total. The number of piperidine rings is 1. The lowest BCUT2D eigenvalue weighted by Gasteiger charge is -2.31. The zero-order valence-corrected chi connectivity index (χ0v) is 11.6. The minimum Gasteiger partial charge on any atom is -0.469 e. The summed E-state index contributed by atoms with van der Waals surface area (Å²) >= 11 is 5.81. The van der Waals surface area contributed by atoms with E-state index in [1.54, 1.807) is 0 Å². The van der Waals surface area contributed by atoms with Crippen LogP contribution in [0, 0.1) is 5.92 Å². The average Bonchev–Trinajstić information content (AvgIpc) is 2.45. The third-order valence-corrected chi connectivity index (χ3v) is 3.17. The van der Waals surface area contributed by atoms with Gasteiger partial charge in [-0.2, -0.15) is 15.0 Å². The molecule has 104 valence electrons. The van der Waals surface area contributed by atoms with Crippen LogP contribution in [0.25, 0.3) is 0 Å². The van der Waals surface area contributed by atoms with Gasteiger partial charge in [-0.05, 0) is 24.4 Å². The monoisotopic (exact) mass is 286 g/mol. The average molecular weight is 287 g/mol. The Balaban J connectivity index is 2.17. The van der Waals surface area contributed by atoms with Gasteiger partial charge in [-0.15, -0.1) is 0 Å². The number of rotatable bonds is 3. The minimum atomic E-state index is -0.211. The number of ether oxygens (including phenoxy) is 2. The molecule has 1 aromatic rings. The van der Waals surface area contributed by atoms with E-state index in [1.807, 2.05) is 4.90 Å². The van der Waals surface area contributed by atoms with Gasteiger partial charge in [0.25, 0.3) is 0 Å². The lowest BCUT2D eigenvalue weighted by atomic mass is 9.98. The Bertz CT molecular complexity index is 471. The molecule has 1 aliphatic rings. The van der Waals surface area contributed by atoms with Gasteiger partial charge in [-0.3, -0.25) is 4.79 Å². The second-order valence-corrected chi connectivity index (χ2v) is 4.54. The van der Waals surface area contributed by atoms with Crippen LogP contribution in [0.3, 0.4) is 0 Å². The number of halogens is 1. The van der Waals surface area contributed by atoms with E-state index in [4.69, 9.17) is 21.1 Å². The molecule has 1 fully saturated rings. The molecule has 1 aliphatic heterocycles. The number of hydrogen-bond acceptors (Lipinski definition) is 7. The van der Waals surface area contributed by atoms with E-state index in [2.05, 4.69) is 15.0 Å². The topological polar surface area (TPSA) is 77.4 Å². The number of carbonyl (C=O) groups excluding carboxylic acids is 1. The Labute approximate surface area is 115 Å². The molecule has 1 saturated heterocycles. The Hall–Kier alpha value is -1.63. The summed E-state index contributed by atoms with van der Waals surface area (Å²) in [5, 5.41) is 0.0713. The van der Waals surface area contributed by atoms with Crippen LogP contribution in [-0.2, 0) is 9.53 Å². The molecule has 8 heteroatoms. The van der Waals surface area contributed by atoms with Crippen molar-refractivity contribution in [2.45, 2.75) is 12.8 Å². The summed E-state index contributed by atoms with van der Waals surface area (Å²) in [6.07, 6.45) is 1.67. The van der Waals surface area contributed by atoms with E-state index < -0.39 is 0 Å². The number of aromatic nitrogens is 3. The molecule has 0 amide bonds. The first-order valence-corrected chi connectivity index (χ1v) is 6.30. The predicted molar refractivity (Wildman–Crippen MR) is 68.3 cm³/mol. The van der Waals surface area contributed by atoms with E-state index in [1.165, 1.54) is 14.2 Å². The van der Waals surface area contributed by atoms with Crippen molar-refractivity contribution in [3.05, 3.63) is 5.28 Å². The minimum absolute atomic E-state index is 0.0713. The Morgan fingerprint density at radius 1 is 1.37 bits per heavy atom. The maximum Gasteiger partial charge on any atom is 0.322 e. The first kappa shape index (κ1) is 13.8. The highest BCUT2D eigenvalue weighted by Crippen LogP contribution is 2.23. The van der Waals surface area contributed by atoms with E-state index in [0.29, 0.717) is 12.5 Å². The first-order chi connectivity index (χ1) is 9.13. The molecular weight excluding hydrogens is 272 g/mol. The van der Waals surface area contributed by atoms with Gasteiger partial charge in [-0.1, -0.05) is 0 Å². The molecule has 0 aliphatic carbocycles. The summed E-state index contributed by atoms with van der Waals surface area (Å²) in [5.74, 6) is 0.0440. The van der Waals surface area contributed by atoms with Crippen LogP contribution < -0.4 is 9.64 Å². The second kappa shape index (κ2) is 6.01. The van der Waals surface area contributed by atoms with Crippen molar-refractivity contribution in [1.29, 1.82) is 0 Å². The maximum atomic E-state index is 11.6. The molecule has 0 radical (unpaired) electrons. The van der Waals surface area contributed by atoms with Crippen LogP contribution in [0.5, 0.6) is 6.01 Å². The fourth-order valence-corrected chi connectivity index (χ4v) is 2.22. The molecule has 0 spiro atoms. The summed E-state index contributed by atoms with van der Waals surface area (Å²) in [5.41, 5.74) is 0. The van der Waals surface area contributed by atoms with Gasteiger partial charge >= 0.3 is 12.0 Å². The van der Waals surface area contributed by atoms with Crippen LogP contribution in [0.2, 0.25) is 5.28 Å². The predicted octanol–water partition coefficient (Wildman–Crippen LogP) is 0.923. The quantitative estimate of drug-likeness (QED) is 0.765. The summed E-state index contributed by atoms with van der Waals surface area (Å²) in [7, 11) is 2.85. The SMILES string of the molecule is COC(=O)C1CCCN(c2nc(Cl)nc(OC)n2)C1. The van der Waals surface area contributed by atoms with Crippen molar-refractivity contribution in [2.75, 3.05) is 32.2 Å². The molecule has 1 aromatic heterocycles. The van der Waals surface area contributed by atoms with Crippen LogP contribution in [-0.4, -0.2) is 48.2 Å². The Morgan fingerprint density at radius 2 is 2.16 bits per heavy atom. The molecule has 0 aromatic carbocycles. The van der Waals surface area contributed by atoms with Crippen molar-refractivity contribution >= 4 is 23.5 Å². The van der Waals surface area contributed by atoms with Crippen molar-refractivity contribution in [1.82, 2.24) is 15.0 Å². The summed E-state index contributed by atoms with van der Waals surface area (Å²) in [6, 6.07) is 0.162. The van der Waals surface area contributed by atoms with Crippen LogP contribution in [0.15, 0.2) is 0 Å². The number of hydrogen-bond donors (Lipinski definition) is 0. The van der Waals surface area contributed by atoms with Gasteiger partial charge in [-0.25, -0.2) is 0 Å². The molecule has 2 rings (SSSR count). The lowest BCUT2D eigenvalue weighted by molar-refractivity contribution is -0.145. The number of anilines is 1. The highest BCUT2D eigenvalue weighted by Gasteiger charge is 2.28. The van der Waals surface area contributed by atoms with Crippen LogP contribution >= 0.6 is 11.6 Å². The molecular formula is C11H15ClN4O3. The standard InChI is InChI=1S/C11H15ClN4O3/c1-18-8(17)7-4-3-5-16(6-7)10-13-9(12)14-11(15-10)19-2/h7H,3-6H2,1-2H3. The Morgan fingerprint density at radius 3 is 2.84 bits per heavy atom. The number of carbonyl (C=O) groups is 1. The molecule has 1 atom stereocenters. The fourth-order valence-electron chi connectivity index (χ4n) is 2.07. The summed E-state index contributed by atoms with van der Waals surface area (Å²) < 4.78 is 9.73. The van der Waals surface area contributed by atoms with Gasteiger partial charge in [0.15, 0.2) is 0 Å². The molecule has 2 heterocycles. The molecule has 19 heavy (non-hydrogen) atoms. The zero-order chi connectivity index (χ0) is 13.8. The summed E-state index contributed by atoms with van der Waals surface area (Å²) in [6.45, 7) is 1.27. The highest BCUT2D eigenvalue weighted by atomic mass is 35.5. The number of nitrogens with zero attached hydrogens (tertiary/aromatic N) is 4. The van der Waals surface area contributed by atoms with Gasteiger partial charge in [0.1, 0.15) is 0 Å². The highest BCUT2D eigenvalue weighted by molar-refractivity contribution is 6.28. The van der Waals surface area contributed by atoms with Gasteiger partial charge < -0.3 is 14.4 Å². The van der Waals surface area contributed by atoms with Crippen molar-refractivity contribution in [3.63, 3.8) is 0 Å². The van der Waals surface area contributed by atoms with Crippen LogP contribution in [0.1, 0.15) is 12.8 Å². The number of methoxy groups -OCH3 is 2. The third-order valence-electron chi connectivity index (χ3n) is 3.00. The molecule has 1 unspecified atom stereocenters. The second-order valence-electron chi connectivity index (χ2n) is 4.20. The van der Waals surface area contributed by atoms with Gasteiger partial charge in [0, 0.05) is 13.1 Å². The normalized spacial score (nSPS) is 19.1. The zero-order valence-electron chi connectivity index (χ0n) is 10.8. The van der Waals surface area contributed by atoms with Crippen molar-refractivity contribution in [2.24, 2.45) is 5.92 Å². The van der Waals surface area contributed by atoms with Crippen molar-refractivity contribution in [3.8, 4) is 6.01 Å². The third kappa shape index (κ3) is 3.23. The van der Waals surface area contributed by atoms with Crippen LogP contribution in [0.4, 0.5) is 5.95 Å².